The molecule has 0 radical (unpaired) electrons. The zero-order valence-corrected chi connectivity index (χ0v) is 11.5. The molecule has 1 aromatic heterocycles. The minimum absolute atomic E-state index is 0.134. The van der Waals surface area contributed by atoms with Gasteiger partial charge in [0.25, 0.3) is 0 Å². The molecule has 0 spiro atoms. The Bertz CT molecular complexity index is 572. The van der Waals surface area contributed by atoms with E-state index >= 15 is 0 Å². The first-order valence-corrected chi connectivity index (χ1v) is 6.58. The molecule has 1 aromatic carbocycles. The molecule has 0 saturated carbocycles. The molecule has 0 atom stereocenters. The van der Waals surface area contributed by atoms with Crippen LogP contribution in [0.5, 0.6) is 0 Å². The van der Waals surface area contributed by atoms with Gasteiger partial charge in [0.2, 0.25) is 0 Å². The highest BCUT2D eigenvalue weighted by Crippen LogP contribution is 2.36. The molecule has 2 rings (SSSR count). The van der Waals surface area contributed by atoms with Crippen LogP contribution in [0.2, 0.25) is 5.02 Å². The van der Waals surface area contributed by atoms with Crippen LogP contribution in [0.1, 0.15) is 29.1 Å². The minimum atomic E-state index is -0.344. The molecule has 2 nitrogen and oxygen atoms in total. The maximum Gasteiger partial charge on any atom is 0.350 e. The SMILES string of the molecule is Cc1ccc2c(Cl)c(C(=O)OC(C)C)sc2c1. The van der Waals surface area contributed by atoms with Crippen molar-refractivity contribution in [3.63, 3.8) is 0 Å². The van der Waals surface area contributed by atoms with Crippen LogP contribution in [0.3, 0.4) is 0 Å². The van der Waals surface area contributed by atoms with Gasteiger partial charge in [0, 0.05) is 10.1 Å². The summed E-state index contributed by atoms with van der Waals surface area (Å²) >= 11 is 7.58. The number of carbonyl (C=O) groups excluding carboxylic acids is 1. The highest BCUT2D eigenvalue weighted by Gasteiger charge is 2.19. The van der Waals surface area contributed by atoms with E-state index < -0.39 is 0 Å². The Hall–Kier alpha value is -1.06. The number of esters is 1. The number of carbonyl (C=O) groups is 1. The van der Waals surface area contributed by atoms with E-state index in [1.54, 1.807) is 0 Å². The number of fused-ring (bicyclic) bond motifs is 1. The highest BCUT2D eigenvalue weighted by atomic mass is 35.5. The quantitative estimate of drug-likeness (QED) is 0.753. The maximum atomic E-state index is 11.8. The van der Waals surface area contributed by atoms with Crippen LogP contribution in [0, 0.1) is 6.92 Å². The second kappa shape index (κ2) is 4.67. The second-order valence-corrected chi connectivity index (χ2v) is 5.63. The molecule has 17 heavy (non-hydrogen) atoms. The third-order valence-electron chi connectivity index (χ3n) is 2.31. The standard InChI is InChI=1S/C13H13ClO2S/c1-7(2)16-13(15)12-11(14)9-5-4-8(3)6-10(9)17-12/h4-7H,1-3H3. The van der Waals surface area contributed by atoms with Crippen molar-refractivity contribution in [3.05, 3.63) is 33.7 Å². The summed E-state index contributed by atoms with van der Waals surface area (Å²) < 4.78 is 6.18. The van der Waals surface area contributed by atoms with E-state index in [1.807, 2.05) is 39.0 Å². The van der Waals surface area contributed by atoms with Crippen molar-refractivity contribution in [1.82, 2.24) is 0 Å². The number of hydrogen-bond donors (Lipinski definition) is 0. The van der Waals surface area contributed by atoms with Crippen LogP contribution in [0.15, 0.2) is 18.2 Å². The van der Waals surface area contributed by atoms with E-state index in [-0.39, 0.29) is 12.1 Å². The Kier molecular flexibility index (Phi) is 3.40. The van der Waals surface area contributed by atoms with Gasteiger partial charge in [-0.3, -0.25) is 0 Å². The lowest BCUT2D eigenvalue weighted by molar-refractivity contribution is 0.0384. The molecule has 0 aliphatic heterocycles. The Morgan fingerprint density at radius 3 is 2.76 bits per heavy atom. The molecule has 1 heterocycles. The van der Waals surface area contributed by atoms with Crippen molar-refractivity contribution >= 4 is 39.0 Å². The van der Waals surface area contributed by atoms with E-state index in [1.165, 1.54) is 11.3 Å². The average molecular weight is 269 g/mol. The first-order valence-electron chi connectivity index (χ1n) is 5.38. The lowest BCUT2D eigenvalue weighted by Crippen LogP contribution is -2.10. The molecule has 0 fully saturated rings. The summed E-state index contributed by atoms with van der Waals surface area (Å²) in [5.41, 5.74) is 1.15. The zero-order valence-electron chi connectivity index (χ0n) is 9.91. The molecule has 0 aliphatic carbocycles. The summed E-state index contributed by atoms with van der Waals surface area (Å²) in [5, 5.41) is 1.41. The fraction of sp³-hybridized carbons (Fsp3) is 0.308. The van der Waals surface area contributed by atoms with Crippen molar-refractivity contribution in [3.8, 4) is 0 Å². The summed E-state index contributed by atoms with van der Waals surface area (Å²) in [6.07, 6.45) is -0.134. The monoisotopic (exact) mass is 268 g/mol. The summed E-state index contributed by atoms with van der Waals surface area (Å²) in [6, 6.07) is 5.95. The first-order chi connectivity index (χ1) is 7.99. The molecule has 0 saturated heterocycles. The van der Waals surface area contributed by atoms with Crippen LogP contribution in [-0.2, 0) is 4.74 Å². The van der Waals surface area contributed by atoms with Gasteiger partial charge in [-0.05, 0) is 32.4 Å². The van der Waals surface area contributed by atoms with Gasteiger partial charge in [0.1, 0.15) is 4.88 Å². The van der Waals surface area contributed by atoms with Gasteiger partial charge in [0.15, 0.2) is 0 Å². The number of rotatable bonds is 2. The average Bonchev–Trinajstić information content (AvgIpc) is 2.54. The predicted octanol–water partition coefficient (Wildman–Crippen LogP) is 4.43. The van der Waals surface area contributed by atoms with Gasteiger partial charge >= 0.3 is 5.97 Å². The topological polar surface area (TPSA) is 26.3 Å². The molecular weight excluding hydrogens is 256 g/mol. The van der Waals surface area contributed by atoms with Crippen molar-refractivity contribution in [2.75, 3.05) is 0 Å². The summed E-state index contributed by atoms with van der Waals surface area (Å²) in [5.74, 6) is -0.344. The van der Waals surface area contributed by atoms with Gasteiger partial charge in [0.05, 0.1) is 11.1 Å². The van der Waals surface area contributed by atoms with Crippen molar-refractivity contribution in [2.24, 2.45) is 0 Å². The van der Waals surface area contributed by atoms with Crippen LogP contribution in [0.25, 0.3) is 10.1 Å². The molecule has 0 amide bonds. The summed E-state index contributed by atoms with van der Waals surface area (Å²) in [6.45, 7) is 5.66. The fourth-order valence-electron chi connectivity index (χ4n) is 1.57. The Labute approximate surface area is 109 Å². The normalized spacial score (nSPS) is 11.1. The summed E-state index contributed by atoms with van der Waals surface area (Å²) in [4.78, 5) is 12.3. The number of hydrogen-bond acceptors (Lipinski definition) is 3. The van der Waals surface area contributed by atoms with E-state index in [0.717, 1.165) is 15.6 Å². The molecule has 0 bridgehead atoms. The first kappa shape index (κ1) is 12.4. The molecule has 0 N–H and O–H groups in total. The van der Waals surface area contributed by atoms with Gasteiger partial charge in [-0.1, -0.05) is 23.7 Å². The van der Waals surface area contributed by atoms with Crippen LogP contribution >= 0.6 is 22.9 Å². The molecule has 2 aromatic rings. The minimum Gasteiger partial charge on any atom is -0.459 e. The number of aryl methyl sites for hydroxylation is 1. The molecule has 0 aliphatic rings. The fourth-order valence-corrected chi connectivity index (χ4v) is 3.06. The largest absolute Gasteiger partial charge is 0.459 e. The number of ether oxygens (including phenoxy) is 1. The molecule has 0 unspecified atom stereocenters. The maximum absolute atomic E-state index is 11.8. The molecular formula is C13H13ClO2S. The predicted molar refractivity (Wildman–Crippen MR) is 72.1 cm³/mol. The van der Waals surface area contributed by atoms with E-state index in [9.17, 15) is 4.79 Å². The van der Waals surface area contributed by atoms with Gasteiger partial charge in [-0.2, -0.15) is 0 Å². The Morgan fingerprint density at radius 1 is 1.41 bits per heavy atom. The van der Waals surface area contributed by atoms with Gasteiger partial charge in [-0.25, -0.2) is 4.79 Å². The van der Waals surface area contributed by atoms with E-state index in [0.29, 0.717) is 9.90 Å². The zero-order chi connectivity index (χ0) is 12.6. The van der Waals surface area contributed by atoms with Crippen molar-refractivity contribution < 1.29 is 9.53 Å². The van der Waals surface area contributed by atoms with Gasteiger partial charge in [-0.15, -0.1) is 11.3 Å². The smallest absolute Gasteiger partial charge is 0.350 e. The summed E-state index contributed by atoms with van der Waals surface area (Å²) in [7, 11) is 0. The second-order valence-electron chi connectivity index (χ2n) is 4.20. The lowest BCUT2D eigenvalue weighted by atomic mass is 10.2. The lowest BCUT2D eigenvalue weighted by Gasteiger charge is -2.05. The van der Waals surface area contributed by atoms with E-state index in [2.05, 4.69) is 0 Å². The van der Waals surface area contributed by atoms with Crippen LogP contribution in [0.4, 0.5) is 0 Å². The molecule has 90 valence electrons. The van der Waals surface area contributed by atoms with Crippen molar-refractivity contribution in [1.29, 1.82) is 0 Å². The van der Waals surface area contributed by atoms with Crippen molar-refractivity contribution in [2.45, 2.75) is 26.9 Å². The highest BCUT2D eigenvalue weighted by molar-refractivity contribution is 7.21. The van der Waals surface area contributed by atoms with Crippen LogP contribution in [-0.4, -0.2) is 12.1 Å². The van der Waals surface area contributed by atoms with Crippen LogP contribution < -0.4 is 0 Å². The Morgan fingerprint density at radius 2 is 2.12 bits per heavy atom. The molecule has 4 heteroatoms. The number of halogens is 1. The number of thiophene rings is 1. The third-order valence-corrected chi connectivity index (χ3v) is 3.95. The van der Waals surface area contributed by atoms with E-state index in [4.69, 9.17) is 16.3 Å². The Balaban J connectivity index is 2.48. The van der Waals surface area contributed by atoms with Gasteiger partial charge < -0.3 is 4.74 Å². The number of benzene rings is 1. The third kappa shape index (κ3) is 2.45.